The lowest BCUT2D eigenvalue weighted by atomic mass is 10.1. The van der Waals surface area contributed by atoms with Gasteiger partial charge in [-0.05, 0) is 41.8 Å². The predicted molar refractivity (Wildman–Crippen MR) is 107 cm³/mol. The number of carbonyl (C=O) groups is 1. The molecule has 0 radical (unpaired) electrons. The quantitative estimate of drug-likeness (QED) is 0.643. The summed E-state index contributed by atoms with van der Waals surface area (Å²) >= 11 is 13.6. The summed E-state index contributed by atoms with van der Waals surface area (Å²) in [7, 11) is 1.64. The molecular formula is C19H21Cl2NO2S. The van der Waals surface area contributed by atoms with Crippen LogP contribution in [0.4, 0.5) is 0 Å². The van der Waals surface area contributed by atoms with Gasteiger partial charge in [-0.2, -0.15) is 11.8 Å². The van der Waals surface area contributed by atoms with Gasteiger partial charge >= 0.3 is 0 Å². The lowest BCUT2D eigenvalue weighted by Crippen LogP contribution is -2.27. The molecular weight excluding hydrogens is 377 g/mol. The average molecular weight is 398 g/mol. The first-order valence-electron chi connectivity index (χ1n) is 7.91. The third kappa shape index (κ3) is 6.46. The summed E-state index contributed by atoms with van der Waals surface area (Å²) in [6.07, 6.45) is 0.377. The second kappa shape index (κ2) is 9.95. The Balaban J connectivity index is 1.68. The SMILES string of the molecule is COc1ccc(CC(=O)NCCSCc2ccc(Cl)c(Cl)c2)cc1C. The van der Waals surface area contributed by atoms with Gasteiger partial charge in [-0.3, -0.25) is 4.79 Å². The van der Waals surface area contributed by atoms with Gasteiger partial charge in [0.2, 0.25) is 5.91 Å². The van der Waals surface area contributed by atoms with Crippen molar-refractivity contribution in [2.45, 2.75) is 19.1 Å². The number of ether oxygens (including phenoxy) is 1. The van der Waals surface area contributed by atoms with Crippen molar-refractivity contribution in [3.05, 3.63) is 63.1 Å². The summed E-state index contributed by atoms with van der Waals surface area (Å²) in [6, 6.07) is 11.4. The molecule has 0 atom stereocenters. The first-order chi connectivity index (χ1) is 12.0. The molecule has 2 aromatic carbocycles. The van der Waals surface area contributed by atoms with E-state index in [4.69, 9.17) is 27.9 Å². The molecule has 0 saturated carbocycles. The van der Waals surface area contributed by atoms with Crippen molar-refractivity contribution in [1.29, 1.82) is 0 Å². The van der Waals surface area contributed by atoms with Gasteiger partial charge in [0.1, 0.15) is 5.75 Å². The fourth-order valence-electron chi connectivity index (χ4n) is 2.38. The second-order valence-corrected chi connectivity index (χ2v) is 7.55. The zero-order valence-electron chi connectivity index (χ0n) is 14.3. The number of aryl methyl sites for hydroxylation is 1. The van der Waals surface area contributed by atoms with E-state index in [1.165, 1.54) is 0 Å². The third-order valence-corrected chi connectivity index (χ3v) is 5.41. The minimum Gasteiger partial charge on any atom is -0.496 e. The molecule has 3 nitrogen and oxygen atoms in total. The smallest absolute Gasteiger partial charge is 0.224 e. The van der Waals surface area contributed by atoms with E-state index >= 15 is 0 Å². The van der Waals surface area contributed by atoms with Crippen molar-refractivity contribution in [1.82, 2.24) is 5.32 Å². The number of rotatable bonds is 8. The van der Waals surface area contributed by atoms with Gasteiger partial charge in [-0.15, -0.1) is 0 Å². The van der Waals surface area contributed by atoms with Crippen LogP contribution in [-0.2, 0) is 17.0 Å². The molecule has 0 aliphatic carbocycles. The van der Waals surface area contributed by atoms with Gasteiger partial charge in [0.25, 0.3) is 0 Å². The molecule has 0 spiro atoms. The van der Waals surface area contributed by atoms with Gasteiger partial charge in [-0.1, -0.05) is 41.4 Å². The van der Waals surface area contributed by atoms with Crippen LogP contribution < -0.4 is 10.1 Å². The van der Waals surface area contributed by atoms with Crippen molar-refractivity contribution in [2.75, 3.05) is 19.4 Å². The standard InChI is InChI=1S/C19H21Cl2NO2S/c1-13-9-14(4-6-18(13)24-2)11-19(23)22-7-8-25-12-15-3-5-16(20)17(21)10-15/h3-6,9-10H,7-8,11-12H2,1-2H3,(H,22,23). The zero-order valence-corrected chi connectivity index (χ0v) is 16.6. The molecule has 2 aromatic rings. The fourth-order valence-corrected chi connectivity index (χ4v) is 3.51. The number of carbonyl (C=O) groups excluding carboxylic acids is 1. The summed E-state index contributed by atoms with van der Waals surface area (Å²) in [5.74, 6) is 2.54. The first-order valence-corrected chi connectivity index (χ1v) is 9.82. The number of methoxy groups -OCH3 is 1. The van der Waals surface area contributed by atoms with Crippen molar-refractivity contribution >= 4 is 40.9 Å². The van der Waals surface area contributed by atoms with E-state index in [0.29, 0.717) is 23.0 Å². The Morgan fingerprint density at radius 2 is 1.88 bits per heavy atom. The monoisotopic (exact) mass is 397 g/mol. The molecule has 0 bridgehead atoms. The Kier molecular flexibility index (Phi) is 7.94. The van der Waals surface area contributed by atoms with E-state index < -0.39 is 0 Å². The molecule has 0 unspecified atom stereocenters. The van der Waals surface area contributed by atoms with E-state index in [1.54, 1.807) is 24.9 Å². The number of amides is 1. The Morgan fingerprint density at radius 3 is 2.56 bits per heavy atom. The number of halogens is 2. The lowest BCUT2D eigenvalue weighted by molar-refractivity contribution is -0.120. The van der Waals surface area contributed by atoms with Gasteiger partial charge in [0, 0.05) is 18.1 Å². The Morgan fingerprint density at radius 1 is 1.12 bits per heavy atom. The van der Waals surface area contributed by atoms with Crippen molar-refractivity contribution in [2.24, 2.45) is 0 Å². The number of nitrogens with one attached hydrogen (secondary N) is 1. The highest BCUT2D eigenvalue weighted by Crippen LogP contribution is 2.24. The largest absolute Gasteiger partial charge is 0.496 e. The molecule has 0 aliphatic heterocycles. The normalized spacial score (nSPS) is 10.6. The van der Waals surface area contributed by atoms with Crippen molar-refractivity contribution in [3.63, 3.8) is 0 Å². The summed E-state index contributed by atoms with van der Waals surface area (Å²) in [5.41, 5.74) is 3.14. The van der Waals surface area contributed by atoms with Crippen LogP contribution in [0, 0.1) is 6.92 Å². The van der Waals surface area contributed by atoms with E-state index in [-0.39, 0.29) is 5.91 Å². The summed E-state index contributed by atoms with van der Waals surface area (Å²) < 4.78 is 5.23. The van der Waals surface area contributed by atoms with Crippen LogP contribution in [0.2, 0.25) is 10.0 Å². The van der Waals surface area contributed by atoms with Gasteiger partial charge in [0.15, 0.2) is 0 Å². The summed E-state index contributed by atoms with van der Waals surface area (Å²) in [5, 5.41) is 4.09. The molecule has 6 heteroatoms. The third-order valence-electron chi connectivity index (χ3n) is 3.65. The molecule has 1 N–H and O–H groups in total. The zero-order chi connectivity index (χ0) is 18.2. The Bertz CT molecular complexity index is 737. The highest BCUT2D eigenvalue weighted by molar-refractivity contribution is 7.98. The van der Waals surface area contributed by atoms with Gasteiger partial charge < -0.3 is 10.1 Å². The minimum atomic E-state index is 0.0275. The first kappa shape index (κ1) is 20.0. The van der Waals surface area contributed by atoms with E-state index in [1.807, 2.05) is 37.3 Å². The maximum absolute atomic E-state index is 12.0. The van der Waals surface area contributed by atoms with Crippen molar-refractivity contribution < 1.29 is 9.53 Å². The maximum Gasteiger partial charge on any atom is 0.224 e. The molecule has 0 fully saturated rings. The van der Waals surface area contributed by atoms with E-state index in [9.17, 15) is 4.79 Å². The highest BCUT2D eigenvalue weighted by Gasteiger charge is 2.06. The number of benzene rings is 2. The molecule has 1 amide bonds. The molecule has 25 heavy (non-hydrogen) atoms. The van der Waals surface area contributed by atoms with Crippen LogP contribution >= 0.6 is 35.0 Å². The van der Waals surface area contributed by atoms with Crippen LogP contribution in [-0.4, -0.2) is 25.3 Å². The van der Waals surface area contributed by atoms with Gasteiger partial charge in [-0.25, -0.2) is 0 Å². The summed E-state index contributed by atoms with van der Waals surface area (Å²) in [6.45, 7) is 2.61. The van der Waals surface area contributed by atoms with Crippen molar-refractivity contribution in [3.8, 4) is 5.75 Å². The number of hydrogen-bond acceptors (Lipinski definition) is 3. The van der Waals surface area contributed by atoms with Crippen LogP contribution in [0.1, 0.15) is 16.7 Å². The van der Waals surface area contributed by atoms with Crippen LogP contribution in [0.3, 0.4) is 0 Å². The minimum absolute atomic E-state index is 0.0275. The number of thioether (sulfide) groups is 1. The molecule has 2 rings (SSSR count). The maximum atomic E-state index is 12.0. The van der Waals surface area contributed by atoms with Gasteiger partial charge in [0.05, 0.1) is 23.6 Å². The average Bonchev–Trinajstić information content (AvgIpc) is 2.58. The molecule has 134 valence electrons. The fraction of sp³-hybridized carbons (Fsp3) is 0.316. The summed E-state index contributed by atoms with van der Waals surface area (Å²) in [4.78, 5) is 12.0. The molecule has 0 aromatic heterocycles. The Labute approximate surface area is 163 Å². The van der Waals surface area contributed by atoms with Crippen LogP contribution in [0.25, 0.3) is 0 Å². The Hall–Kier alpha value is -1.36. The number of hydrogen-bond donors (Lipinski definition) is 1. The van der Waals surface area contributed by atoms with Crippen LogP contribution in [0.5, 0.6) is 5.75 Å². The molecule has 0 saturated heterocycles. The molecule has 0 heterocycles. The van der Waals surface area contributed by atoms with E-state index in [0.717, 1.165) is 33.9 Å². The second-order valence-electron chi connectivity index (χ2n) is 5.63. The molecule has 0 aliphatic rings. The lowest BCUT2D eigenvalue weighted by Gasteiger charge is -2.08. The predicted octanol–water partition coefficient (Wildman–Crippen LogP) is 4.90. The van der Waals surface area contributed by atoms with E-state index in [2.05, 4.69) is 5.32 Å². The van der Waals surface area contributed by atoms with Crippen LogP contribution in [0.15, 0.2) is 36.4 Å². The highest BCUT2D eigenvalue weighted by atomic mass is 35.5. The topological polar surface area (TPSA) is 38.3 Å².